The molecule has 0 saturated carbocycles. The predicted octanol–water partition coefficient (Wildman–Crippen LogP) is 3.97. The lowest BCUT2D eigenvalue weighted by molar-refractivity contribution is -0.107. The van der Waals surface area contributed by atoms with Crippen molar-refractivity contribution < 1.29 is 14.6 Å². The molecule has 0 atom stereocenters. The van der Waals surface area contributed by atoms with E-state index in [0.717, 1.165) is 15.4 Å². The monoisotopic (exact) mass is 402 g/mol. The second-order valence-electron chi connectivity index (χ2n) is 4.17. The zero-order valence-corrected chi connectivity index (χ0v) is 13.4. The van der Waals surface area contributed by atoms with Gasteiger partial charge in [-0.25, -0.2) is 0 Å². The zero-order valence-electron chi connectivity index (χ0n) is 10.5. The number of carbonyl (C=O) groups is 1. The molecule has 0 aliphatic heterocycles. The predicted molar refractivity (Wildman–Crippen MR) is 86.4 cm³/mol. The van der Waals surface area contributed by atoms with Crippen LogP contribution in [0.5, 0.6) is 11.5 Å². The minimum Gasteiger partial charge on any atom is -0.506 e. The highest BCUT2D eigenvalue weighted by Gasteiger charge is 2.11. The summed E-state index contributed by atoms with van der Waals surface area (Å²) >= 11 is 8.27. The largest absolute Gasteiger partial charge is 0.506 e. The molecule has 3 nitrogen and oxygen atoms in total. The molecule has 0 heterocycles. The van der Waals surface area contributed by atoms with Crippen molar-refractivity contribution in [3.8, 4) is 11.5 Å². The van der Waals surface area contributed by atoms with E-state index in [-0.39, 0.29) is 17.2 Å². The highest BCUT2D eigenvalue weighted by atomic mass is 127. The highest BCUT2D eigenvalue weighted by Crippen LogP contribution is 2.36. The molecule has 0 fully saturated rings. The summed E-state index contributed by atoms with van der Waals surface area (Å²) in [6.45, 7) is 0.364. The van der Waals surface area contributed by atoms with Gasteiger partial charge in [-0.2, -0.15) is 0 Å². The van der Waals surface area contributed by atoms with E-state index in [1.807, 2.05) is 24.3 Å². The normalized spacial score (nSPS) is 10.3. The molecule has 0 radical (unpaired) electrons. The first-order chi connectivity index (χ1) is 9.61. The summed E-state index contributed by atoms with van der Waals surface area (Å²) in [7, 11) is 0. The number of hydrogen-bond acceptors (Lipinski definition) is 3. The first kappa shape index (κ1) is 15.1. The number of halogens is 2. The second-order valence-corrected chi connectivity index (χ2v) is 5.79. The number of phenolic OH excluding ortho intramolecular Hbond substituents is 1. The van der Waals surface area contributed by atoms with E-state index >= 15 is 0 Å². The van der Waals surface area contributed by atoms with Crippen molar-refractivity contribution in [3.05, 3.63) is 56.1 Å². The summed E-state index contributed by atoms with van der Waals surface area (Å²) in [5.74, 6) is 0.302. The lowest BCUT2D eigenvalue weighted by atomic mass is 10.1. The summed E-state index contributed by atoms with van der Waals surface area (Å²) in [5, 5.41) is 10.0. The Kier molecular flexibility index (Phi) is 5.25. The Morgan fingerprint density at radius 2 is 1.90 bits per heavy atom. The minimum atomic E-state index is -0.0983. The molecule has 1 N–H and O–H groups in total. The summed E-state index contributed by atoms with van der Waals surface area (Å²) in [5.41, 5.74) is 1.50. The molecule has 2 rings (SSSR count). The highest BCUT2D eigenvalue weighted by molar-refractivity contribution is 14.1. The van der Waals surface area contributed by atoms with Crippen LogP contribution in [-0.2, 0) is 17.8 Å². The number of aldehydes is 1. The Morgan fingerprint density at radius 1 is 1.20 bits per heavy atom. The second kappa shape index (κ2) is 6.95. The van der Waals surface area contributed by atoms with Crippen LogP contribution < -0.4 is 4.74 Å². The van der Waals surface area contributed by atoms with Crippen LogP contribution in [-0.4, -0.2) is 11.4 Å². The first-order valence-electron chi connectivity index (χ1n) is 5.93. The van der Waals surface area contributed by atoms with E-state index in [1.54, 1.807) is 12.1 Å². The van der Waals surface area contributed by atoms with Crippen LogP contribution in [0.3, 0.4) is 0 Å². The van der Waals surface area contributed by atoms with Crippen molar-refractivity contribution in [2.45, 2.75) is 13.0 Å². The van der Waals surface area contributed by atoms with Crippen LogP contribution >= 0.6 is 34.2 Å². The number of ether oxygens (including phenoxy) is 1. The minimum absolute atomic E-state index is 0.0983. The van der Waals surface area contributed by atoms with Crippen molar-refractivity contribution in [1.29, 1.82) is 0 Å². The molecule has 2 aromatic carbocycles. The Hall–Kier alpha value is -1.27. The number of carbonyl (C=O) groups excluding carboxylic acids is 1. The molecule has 0 aliphatic carbocycles. The number of benzene rings is 2. The maximum Gasteiger partial charge on any atom is 0.142 e. The quantitative estimate of drug-likeness (QED) is 0.608. The van der Waals surface area contributed by atoms with Gasteiger partial charge in [0, 0.05) is 15.6 Å². The van der Waals surface area contributed by atoms with Crippen molar-refractivity contribution in [1.82, 2.24) is 0 Å². The van der Waals surface area contributed by atoms with Crippen LogP contribution in [0.15, 0.2) is 36.4 Å². The third-order valence-electron chi connectivity index (χ3n) is 2.78. The smallest absolute Gasteiger partial charge is 0.142 e. The lowest BCUT2D eigenvalue weighted by Crippen LogP contribution is -1.97. The van der Waals surface area contributed by atoms with Crippen molar-refractivity contribution in [2.75, 3.05) is 0 Å². The fraction of sp³-hybridized carbons (Fsp3) is 0.133. The molecular formula is C15H12ClIO3. The van der Waals surface area contributed by atoms with Gasteiger partial charge in [0.1, 0.15) is 29.4 Å². The molecule has 0 unspecified atom stereocenters. The van der Waals surface area contributed by atoms with Crippen LogP contribution in [0.2, 0.25) is 5.02 Å². The van der Waals surface area contributed by atoms with Crippen LogP contribution in [0.1, 0.15) is 11.1 Å². The van der Waals surface area contributed by atoms with Gasteiger partial charge in [0.05, 0.1) is 0 Å². The summed E-state index contributed by atoms with van der Waals surface area (Å²) in [4.78, 5) is 10.5. The summed E-state index contributed by atoms with van der Waals surface area (Å²) in [6, 6.07) is 11.2. The third-order valence-corrected chi connectivity index (χ3v) is 3.86. The molecule has 104 valence electrons. The fourth-order valence-electron chi connectivity index (χ4n) is 1.69. The zero-order chi connectivity index (χ0) is 14.5. The van der Waals surface area contributed by atoms with Gasteiger partial charge in [-0.15, -0.1) is 0 Å². The Balaban J connectivity index is 2.12. The maximum absolute atomic E-state index is 10.5. The lowest BCUT2D eigenvalue weighted by Gasteiger charge is -2.11. The van der Waals surface area contributed by atoms with E-state index in [2.05, 4.69) is 22.6 Å². The van der Waals surface area contributed by atoms with Crippen molar-refractivity contribution in [2.24, 2.45) is 0 Å². The molecule has 0 aromatic heterocycles. The van der Waals surface area contributed by atoms with E-state index in [1.165, 1.54) is 0 Å². The van der Waals surface area contributed by atoms with Crippen molar-refractivity contribution >= 4 is 40.5 Å². The molecule has 5 heteroatoms. The molecular weight excluding hydrogens is 391 g/mol. The van der Waals surface area contributed by atoms with Gasteiger partial charge in [0.15, 0.2) is 0 Å². The molecule has 0 bridgehead atoms. The van der Waals surface area contributed by atoms with Gasteiger partial charge in [-0.3, -0.25) is 0 Å². The Morgan fingerprint density at radius 3 is 2.55 bits per heavy atom. The van der Waals surface area contributed by atoms with Gasteiger partial charge < -0.3 is 14.6 Å². The van der Waals surface area contributed by atoms with E-state index < -0.39 is 0 Å². The van der Waals surface area contributed by atoms with Crippen molar-refractivity contribution in [3.63, 3.8) is 0 Å². The van der Waals surface area contributed by atoms with Crippen LogP contribution in [0, 0.1) is 3.57 Å². The van der Waals surface area contributed by atoms with Crippen LogP contribution in [0.25, 0.3) is 0 Å². The van der Waals surface area contributed by atoms with Crippen LogP contribution in [0.4, 0.5) is 0 Å². The molecule has 0 saturated heterocycles. The SMILES string of the molecule is O=CCc1ccc(OCc2ccc(I)cc2)c(Cl)c1O. The number of aromatic hydroxyl groups is 1. The molecule has 20 heavy (non-hydrogen) atoms. The number of hydrogen-bond donors (Lipinski definition) is 1. The maximum atomic E-state index is 10.5. The average Bonchev–Trinajstić information content (AvgIpc) is 2.45. The number of rotatable bonds is 5. The molecule has 2 aromatic rings. The molecule has 0 spiro atoms. The summed E-state index contributed by atoms with van der Waals surface area (Å²) < 4.78 is 6.75. The third kappa shape index (κ3) is 3.64. The van der Waals surface area contributed by atoms with Gasteiger partial charge >= 0.3 is 0 Å². The first-order valence-corrected chi connectivity index (χ1v) is 7.38. The topological polar surface area (TPSA) is 46.5 Å². The van der Waals surface area contributed by atoms with Gasteiger partial charge in [0.2, 0.25) is 0 Å². The standard InChI is InChI=1S/C15H12ClIO3/c16-14-13(6-3-11(7-8-18)15(14)19)20-9-10-1-4-12(17)5-2-10/h1-6,8,19H,7,9H2. The Labute approximate surface area is 135 Å². The van der Waals surface area contributed by atoms with Gasteiger partial charge in [-0.1, -0.05) is 29.8 Å². The fourth-order valence-corrected chi connectivity index (χ4v) is 2.29. The van der Waals surface area contributed by atoms with Gasteiger partial charge in [0.25, 0.3) is 0 Å². The van der Waals surface area contributed by atoms with E-state index in [9.17, 15) is 9.90 Å². The van der Waals surface area contributed by atoms with E-state index in [0.29, 0.717) is 17.9 Å². The molecule has 0 aliphatic rings. The average molecular weight is 403 g/mol. The summed E-state index contributed by atoms with van der Waals surface area (Å²) in [6.07, 6.45) is 0.848. The molecule has 0 amide bonds. The number of phenols is 1. The van der Waals surface area contributed by atoms with Gasteiger partial charge in [-0.05, 0) is 46.4 Å². The van der Waals surface area contributed by atoms with E-state index in [4.69, 9.17) is 16.3 Å². The Bertz CT molecular complexity index is 611.